The molecule has 0 bridgehead atoms. The lowest BCUT2D eigenvalue weighted by Crippen LogP contribution is -2.51. The molecule has 0 aromatic heterocycles. The Labute approximate surface area is 232 Å². The van der Waals surface area contributed by atoms with Gasteiger partial charge in [0.15, 0.2) is 0 Å². The zero-order chi connectivity index (χ0) is 28.3. The van der Waals surface area contributed by atoms with Crippen molar-refractivity contribution in [2.45, 2.75) is 142 Å². The fourth-order valence-electron chi connectivity index (χ4n) is 5.18. The summed E-state index contributed by atoms with van der Waals surface area (Å²) in [6.07, 6.45) is 24.3. The molecule has 0 heterocycles. The van der Waals surface area contributed by atoms with E-state index >= 15 is 0 Å². The Morgan fingerprint density at radius 2 is 0.921 bits per heavy atom. The first kappa shape index (κ1) is 36.1. The van der Waals surface area contributed by atoms with Crippen molar-refractivity contribution in [3.63, 3.8) is 0 Å². The molecule has 38 heavy (non-hydrogen) atoms. The number of hydrogen-bond acceptors (Lipinski definition) is 4. The second-order valence-electron chi connectivity index (χ2n) is 11.0. The third-order valence-electron chi connectivity index (χ3n) is 7.45. The highest BCUT2D eigenvalue weighted by molar-refractivity contribution is 5.66. The zero-order valence-corrected chi connectivity index (χ0v) is 24.3. The van der Waals surface area contributed by atoms with E-state index in [1.165, 1.54) is 51.4 Å². The molecule has 0 amide bonds. The predicted octanol–water partition coefficient (Wildman–Crippen LogP) is 6.49. The number of carboxylic acids is 3. The molecule has 7 heteroatoms. The van der Waals surface area contributed by atoms with Crippen LogP contribution in [0.25, 0.3) is 0 Å². The summed E-state index contributed by atoms with van der Waals surface area (Å²) >= 11 is 0. The van der Waals surface area contributed by atoms with Crippen LogP contribution in [-0.2, 0) is 14.4 Å². The van der Waals surface area contributed by atoms with Gasteiger partial charge in [0.1, 0.15) is 0 Å². The van der Waals surface area contributed by atoms with Gasteiger partial charge in [-0.15, -0.1) is 0 Å². The van der Waals surface area contributed by atoms with Crippen molar-refractivity contribution in [1.29, 1.82) is 0 Å². The van der Waals surface area contributed by atoms with Crippen LogP contribution in [0.4, 0.5) is 0 Å². The summed E-state index contributed by atoms with van der Waals surface area (Å²) in [6, 6.07) is 0. The molecule has 0 atom stereocenters. The van der Waals surface area contributed by atoms with Crippen LogP contribution in [0.3, 0.4) is 0 Å². The molecule has 0 aliphatic rings. The molecule has 0 unspecified atom stereocenters. The van der Waals surface area contributed by atoms with Crippen molar-refractivity contribution in [1.82, 2.24) is 0 Å². The van der Waals surface area contributed by atoms with Gasteiger partial charge in [0.25, 0.3) is 0 Å². The molecule has 0 aromatic carbocycles. The molecule has 0 aliphatic heterocycles. The third-order valence-corrected chi connectivity index (χ3v) is 7.45. The second-order valence-corrected chi connectivity index (χ2v) is 11.0. The van der Waals surface area contributed by atoms with Gasteiger partial charge in [-0.05, 0) is 83.5 Å². The zero-order valence-electron chi connectivity index (χ0n) is 24.3. The summed E-state index contributed by atoms with van der Waals surface area (Å²) in [7, 11) is 0. The van der Waals surface area contributed by atoms with E-state index in [2.05, 4.69) is 19.1 Å². The maximum absolute atomic E-state index is 11.0. The molecule has 7 nitrogen and oxygen atoms in total. The molecular formula is C31H57NO6. The number of allylic oxidation sites excluding steroid dienone is 2. The number of quaternary nitrogens is 1. The molecule has 0 rings (SSSR count). The molecule has 222 valence electrons. The molecular weight excluding hydrogens is 482 g/mol. The Morgan fingerprint density at radius 1 is 0.553 bits per heavy atom. The van der Waals surface area contributed by atoms with E-state index in [0.29, 0.717) is 19.3 Å². The lowest BCUT2D eigenvalue weighted by molar-refractivity contribution is -0.929. The van der Waals surface area contributed by atoms with Gasteiger partial charge < -0.3 is 24.6 Å². The van der Waals surface area contributed by atoms with Gasteiger partial charge in [-0.1, -0.05) is 57.6 Å². The minimum absolute atomic E-state index is 0.0588. The Hall–Kier alpha value is -1.89. The summed E-state index contributed by atoms with van der Waals surface area (Å²) in [5, 5.41) is 28.9. The van der Waals surface area contributed by atoms with Crippen molar-refractivity contribution < 1.29 is 34.2 Å². The Balaban J connectivity index is 4.60. The monoisotopic (exact) mass is 539 g/mol. The van der Waals surface area contributed by atoms with Gasteiger partial charge in [-0.2, -0.15) is 0 Å². The summed E-state index contributed by atoms with van der Waals surface area (Å²) < 4.78 is 0.834. The van der Waals surface area contributed by atoms with Gasteiger partial charge in [0.2, 0.25) is 0 Å². The fourth-order valence-corrected chi connectivity index (χ4v) is 5.18. The number of carbonyl (C=O) groups is 3. The second kappa shape index (κ2) is 25.4. The molecule has 2 N–H and O–H groups in total. The summed E-state index contributed by atoms with van der Waals surface area (Å²) in [6.45, 7) is 5.81. The molecule has 0 aliphatic carbocycles. The number of carbonyl (C=O) groups excluding carboxylic acids is 1. The smallest absolute Gasteiger partial charge is 0.303 e. The van der Waals surface area contributed by atoms with Crippen molar-refractivity contribution in [2.75, 3.05) is 26.2 Å². The van der Waals surface area contributed by atoms with E-state index in [0.717, 1.165) is 75.6 Å². The van der Waals surface area contributed by atoms with Crippen LogP contribution in [0.1, 0.15) is 142 Å². The Kier molecular flexibility index (Phi) is 24.1. The normalized spacial score (nSPS) is 11.8. The highest BCUT2D eigenvalue weighted by Gasteiger charge is 2.26. The quantitative estimate of drug-likeness (QED) is 0.0638. The molecule has 0 radical (unpaired) electrons. The van der Waals surface area contributed by atoms with E-state index in [1.54, 1.807) is 0 Å². The van der Waals surface area contributed by atoms with Crippen molar-refractivity contribution in [3.8, 4) is 0 Å². The number of rotatable bonds is 29. The van der Waals surface area contributed by atoms with Crippen LogP contribution < -0.4 is 5.11 Å². The number of nitrogens with zero attached hydrogens (tertiary/aromatic N) is 1. The number of hydrogen-bond donors (Lipinski definition) is 2. The van der Waals surface area contributed by atoms with E-state index in [9.17, 15) is 19.5 Å². The average molecular weight is 540 g/mol. The fraction of sp³-hybridized carbons (Fsp3) is 0.839. The third kappa shape index (κ3) is 24.4. The van der Waals surface area contributed by atoms with E-state index in [-0.39, 0.29) is 19.3 Å². The van der Waals surface area contributed by atoms with Gasteiger partial charge in [-0.25, -0.2) is 0 Å². The number of aliphatic carboxylic acids is 3. The van der Waals surface area contributed by atoms with Crippen molar-refractivity contribution in [2.24, 2.45) is 0 Å². The molecule has 0 saturated carbocycles. The first-order valence-electron chi connectivity index (χ1n) is 15.4. The SMILES string of the molecule is CCCCCCCCC/C=C/CCCCC[N+](CCCCC(=O)[O-])(CCCCC(=O)O)CCCCC(=O)O. The predicted molar refractivity (Wildman–Crippen MR) is 152 cm³/mol. The van der Waals surface area contributed by atoms with E-state index in [4.69, 9.17) is 10.2 Å². The standard InChI is InChI=1S/C31H57NO6/c1-2-3-4-5-6-7-8-9-10-11-12-13-14-18-25-32(26-19-15-22-29(33)34,27-20-16-23-30(35)36)28-21-17-24-31(37)38/h10-11H,2-9,12-28H2,1H3,(H2-,33,34,35,36,37,38)/b11-10+. The molecule has 0 fully saturated rings. The van der Waals surface area contributed by atoms with Crippen molar-refractivity contribution >= 4 is 17.9 Å². The van der Waals surface area contributed by atoms with Gasteiger partial charge >= 0.3 is 11.9 Å². The molecule has 0 spiro atoms. The van der Waals surface area contributed by atoms with Gasteiger partial charge in [-0.3, -0.25) is 9.59 Å². The summed E-state index contributed by atoms with van der Waals surface area (Å²) in [5.41, 5.74) is 0. The lowest BCUT2D eigenvalue weighted by atomic mass is 10.1. The average Bonchev–Trinajstić information content (AvgIpc) is 2.87. The number of unbranched alkanes of at least 4 members (excludes halogenated alkanes) is 13. The first-order chi connectivity index (χ1) is 18.3. The molecule has 0 saturated heterocycles. The minimum Gasteiger partial charge on any atom is -0.550 e. The maximum Gasteiger partial charge on any atom is 0.303 e. The van der Waals surface area contributed by atoms with Gasteiger partial charge in [0, 0.05) is 18.8 Å². The summed E-state index contributed by atoms with van der Waals surface area (Å²) in [4.78, 5) is 32.8. The molecule has 0 aromatic rings. The van der Waals surface area contributed by atoms with Crippen LogP contribution in [0.2, 0.25) is 0 Å². The Morgan fingerprint density at radius 3 is 1.34 bits per heavy atom. The topological polar surface area (TPSA) is 115 Å². The minimum atomic E-state index is -1.02. The van der Waals surface area contributed by atoms with E-state index in [1.807, 2.05) is 0 Å². The van der Waals surface area contributed by atoms with Crippen LogP contribution in [0, 0.1) is 0 Å². The highest BCUT2D eigenvalue weighted by atomic mass is 16.4. The summed E-state index contributed by atoms with van der Waals surface area (Å²) in [5.74, 6) is -2.58. The lowest BCUT2D eigenvalue weighted by Gasteiger charge is -2.39. The van der Waals surface area contributed by atoms with E-state index < -0.39 is 17.9 Å². The first-order valence-corrected chi connectivity index (χ1v) is 15.4. The Bertz CT molecular complexity index is 579. The van der Waals surface area contributed by atoms with Crippen molar-refractivity contribution in [3.05, 3.63) is 12.2 Å². The van der Waals surface area contributed by atoms with Gasteiger partial charge in [0.05, 0.1) is 26.2 Å². The van der Waals surface area contributed by atoms with Crippen LogP contribution in [0.5, 0.6) is 0 Å². The largest absolute Gasteiger partial charge is 0.550 e. The van der Waals surface area contributed by atoms with Crippen LogP contribution >= 0.6 is 0 Å². The highest BCUT2D eigenvalue weighted by Crippen LogP contribution is 2.19. The maximum atomic E-state index is 11.0. The van der Waals surface area contributed by atoms with Crippen LogP contribution in [-0.4, -0.2) is 58.8 Å². The number of carboxylic acid groups (broad SMARTS) is 3. The van der Waals surface area contributed by atoms with Crippen LogP contribution in [0.15, 0.2) is 12.2 Å².